The van der Waals surface area contributed by atoms with E-state index in [1.807, 2.05) is 0 Å². The highest BCUT2D eigenvalue weighted by Crippen LogP contribution is 2.30. The first-order chi connectivity index (χ1) is 9.68. The van der Waals surface area contributed by atoms with E-state index in [2.05, 4.69) is 10.3 Å². The minimum absolute atomic E-state index is 0.558. The summed E-state index contributed by atoms with van der Waals surface area (Å²) in [6.07, 6.45) is 6.91. The van der Waals surface area contributed by atoms with Crippen LogP contribution in [-0.4, -0.2) is 36.5 Å². The Morgan fingerprint density at radius 3 is 2.65 bits per heavy atom. The van der Waals surface area contributed by atoms with Gasteiger partial charge >= 0.3 is 0 Å². The van der Waals surface area contributed by atoms with Crippen LogP contribution in [0.4, 0.5) is 0 Å². The van der Waals surface area contributed by atoms with Gasteiger partial charge in [0.2, 0.25) is 0 Å². The Bertz CT molecular complexity index is 431. The molecule has 1 heterocycles. The Hall–Kier alpha value is -1.33. The molecule has 0 atom stereocenters. The molecule has 0 bridgehead atoms. The van der Waals surface area contributed by atoms with Gasteiger partial charge in [-0.25, -0.2) is 0 Å². The molecule has 0 saturated heterocycles. The van der Waals surface area contributed by atoms with Crippen LogP contribution in [0.5, 0.6) is 11.5 Å². The van der Waals surface area contributed by atoms with Crippen molar-refractivity contribution < 1.29 is 14.6 Å². The second-order valence-electron chi connectivity index (χ2n) is 5.38. The smallest absolute Gasteiger partial charge is 0.183 e. The maximum atomic E-state index is 10.4. The molecule has 5 heteroatoms. The van der Waals surface area contributed by atoms with Crippen LogP contribution in [0.25, 0.3) is 0 Å². The molecule has 0 aromatic carbocycles. The Morgan fingerprint density at radius 1 is 1.25 bits per heavy atom. The molecule has 112 valence electrons. The van der Waals surface area contributed by atoms with Crippen LogP contribution >= 0.6 is 0 Å². The summed E-state index contributed by atoms with van der Waals surface area (Å²) in [5, 5.41) is 13.7. The van der Waals surface area contributed by atoms with E-state index in [1.54, 1.807) is 26.5 Å². The number of ether oxygens (including phenoxy) is 2. The fraction of sp³-hybridized carbons (Fsp3) is 0.667. The van der Waals surface area contributed by atoms with Crippen molar-refractivity contribution in [3.63, 3.8) is 0 Å². The summed E-state index contributed by atoms with van der Waals surface area (Å²) in [5.74, 6) is 1.33. The monoisotopic (exact) mass is 280 g/mol. The van der Waals surface area contributed by atoms with E-state index >= 15 is 0 Å². The lowest BCUT2D eigenvalue weighted by Gasteiger charge is -2.32. The molecule has 1 saturated carbocycles. The summed E-state index contributed by atoms with van der Waals surface area (Å²) in [5.41, 5.74) is 0.232. The molecule has 2 N–H and O–H groups in total. The van der Waals surface area contributed by atoms with Crippen molar-refractivity contribution in [2.24, 2.45) is 0 Å². The van der Waals surface area contributed by atoms with Gasteiger partial charge < -0.3 is 19.9 Å². The molecule has 0 amide bonds. The zero-order valence-electron chi connectivity index (χ0n) is 12.3. The molecule has 1 aromatic rings. The van der Waals surface area contributed by atoms with Gasteiger partial charge in [0, 0.05) is 25.4 Å². The number of nitrogens with one attached hydrogen (secondary N) is 1. The van der Waals surface area contributed by atoms with Gasteiger partial charge in [0.05, 0.1) is 25.5 Å². The Balaban J connectivity index is 1.93. The van der Waals surface area contributed by atoms with Crippen molar-refractivity contribution in [2.75, 3.05) is 20.8 Å². The maximum absolute atomic E-state index is 10.4. The van der Waals surface area contributed by atoms with Gasteiger partial charge in [-0.15, -0.1) is 0 Å². The highest BCUT2D eigenvalue weighted by atomic mass is 16.5. The maximum Gasteiger partial charge on any atom is 0.183 e. The van der Waals surface area contributed by atoms with Crippen molar-refractivity contribution in [3.05, 3.63) is 18.0 Å². The minimum Gasteiger partial charge on any atom is -0.493 e. The van der Waals surface area contributed by atoms with E-state index in [-0.39, 0.29) is 0 Å². The van der Waals surface area contributed by atoms with E-state index in [0.717, 1.165) is 31.4 Å². The first kappa shape index (κ1) is 15.1. The van der Waals surface area contributed by atoms with Crippen molar-refractivity contribution in [3.8, 4) is 11.5 Å². The summed E-state index contributed by atoms with van der Waals surface area (Å²) in [6, 6.07) is 1.77. The molecule has 0 radical (unpaired) electrons. The number of nitrogens with zero attached hydrogens (tertiary/aromatic N) is 1. The second kappa shape index (κ2) is 6.90. The summed E-state index contributed by atoms with van der Waals surface area (Å²) < 4.78 is 10.6. The SMILES string of the molecule is COc1ccnc(CNCC2(O)CCCCC2)c1OC. The fourth-order valence-corrected chi connectivity index (χ4v) is 2.78. The van der Waals surface area contributed by atoms with Gasteiger partial charge in [0.1, 0.15) is 0 Å². The summed E-state index contributed by atoms with van der Waals surface area (Å²) in [4.78, 5) is 4.31. The van der Waals surface area contributed by atoms with Crippen molar-refractivity contribution in [1.82, 2.24) is 10.3 Å². The largest absolute Gasteiger partial charge is 0.493 e. The number of hydrogen-bond acceptors (Lipinski definition) is 5. The summed E-state index contributed by atoms with van der Waals surface area (Å²) in [6.45, 7) is 1.15. The lowest BCUT2D eigenvalue weighted by atomic mass is 9.85. The molecule has 0 spiro atoms. The molecule has 0 aliphatic heterocycles. The Labute approximate surface area is 120 Å². The van der Waals surface area contributed by atoms with Gasteiger partial charge in [-0.1, -0.05) is 19.3 Å². The first-order valence-corrected chi connectivity index (χ1v) is 7.17. The molecule has 20 heavy (non-hydrogen) atoms. The fourth-order valence-electron chi connectivity index (χ4n) is 2.78. The number of hydrogen-bond donors (Lipinski definition) is 2. The van der Waals surface area contributed by atoms with E-state index in [4.69, 9.17) is 9.47 Å². The molecular formula is C15H24N2O3. The highest BCUT2D eigenvalue weighted by molar-refractivity contribution is 5.42. The zero-order chi connectivity index (χ0) is 14.4. The number of aliphatic hydroxyl groups is 1. The van der Waals surface area contributed by atoms with Gasteiger partial charge in [-0.05, 0) is 12.8 Å². The van der Waals surface area contributed by atoms with Crippen molar-refractivity contribution >= 4 is 0 Å². The highest BCUT2D eigenvalue weighted by Gasteiger charge is 2.28. The van der Waals surface area contributed by atoms with Crippen LogP contribution in [0.3, 0.4) is 0 Å². The minimum atomic E-state index is -0.565. The number of aromatic nitrogens is 1. The van der Waals surface area contributed by atoms with Crippen LogP contribution in [0.2, 0.25) is 0 Å². The molecule has 1 fully saturated rings. The lowest BCUT2D eigenvalue weighted by Crippen LogP contribution is -2.42. The Morgan fingerprint density at radius 2 is 2.00 bits per heavy atom. The van der Waals surface area contributed by atoms with E-state index in [9.17, 15) is 5.11 Å². The van der Waals surface area contributed by atoms with E-state index in [1.165, 1.54) is 6.42 Å². The van der Waals surface area contributed by atoms with Gasteiger partial charge in [-0.2, -0.15) is 0 Å². The Kier molecular flexibility index (Phi) is 5.20. The normalized spacial score (nSPS) is 17.8. The summed E-state index contributed by atoms with van der Waals surface area (Å²) in [7, 11) is 3.22. The molecule has 0 unspecified atom stereocenters. The third kappa shape index (κ3) is 3.61. The van der Waals surface area contributed by atoms with Crippen LogP contribution < -0.4 is 14.8 Å². The standard InChI is InChI=1S/C15H24N2O3/c1-19-13-6-9-17-12(14(13)20-2)10-16-11-15(18)7-4-3-5-8-15/h6,9,16,18H,3-5,7-8,10-11H2,1-2H3. The van der Waals surface area contributed by atoms with Crippen molar-refractivity contribution in [1.29, 1.82) is 0 Å². The van der Waals surface area contributed by atoms with Crippen LogP contribution in [0.1, 0.15) is 37.8 Å². The number of methoxy groups -OCH3 is 2. The van der Waals surface area contributed by atoms with Gasteiger partial charge in [0.15, 0.2) is 11.5 Å². The molecule has 2 rings (SSSR count). The van der Waals surface area contributed by atoms with Crippen molar-refractivity contribution in [2.45, 2.75) is 44.2 Å². The predicted molar refractivity (Wildman–Crippen MR) is 77.1 cm³/mol. The third-order valence-electron chi connectivity index (χ3n) is 3.90. The van der Waals surface area contributed by atoms with Gasteiger partial charge in [-0.3, -0.25) is 4.98 Å². The lowest BCUT2D eigenvalue weighted by molar-refractivity contribution is 0.00458. The van der Waals surface area contributed by atoms with E-state index < -0.39 is 5.60 Å². The molecule has 1 aliphatic carbocycles. The molecule has 1 aromatic heterocycles. The average molecular weight is 280 g/mol. The second-order valence-corrected chi connectivity index (χ2v) is 5.38. The summed E-state index contributed by atoms with van der Waals surface area (Å²) >= 11 is 0. The number of pyridine rings is 1. The quantitative estimate of drug-likeness (QED) is 0.833. The van der Waals surface area contributed by atoms with E-state index in [0.29, 0.717) is 24.6 Å². The zero-order valence-corrected chi connectivity index (χ0v) is 12.3. The third-order valence-corrected chi connectivity index (χ3v) is 3.90. The first-order valence-electron chi connectivity index (χ1n) is 7.17. The van der Waals surface area contributed by atoms with Crippen LogP contribution in [0, 0.1) is 0 Å². The number of rotatable bonds is 6. The topological polar surface area (TPSA) is 63.6 Å². The molecule has 1 aliphatic rings. The average Bonchev–Trinajstić information content (AvgIpc) is 2.47. The predicted octanol–water partition coefficient (Wildman–Crippen LogP) is 1.88. The molecule has 5 nitrogen and oxygen atoms in total. The van der Waals surface area contributed by atoms with Gasteiger partial charge in [0.25, 0.3) is 0 Å². The van der Waals surface area contributed by atoms with Crippen LogP contribution in [0.15, 0.2) is 12.3 Å². The van der Waals surface area contributed by atoms with Crippen LogP contribution in [-0.2, 0) is 6.54 Å². The molecular weight excluding hydrogens is 256 g/mol.